The lowest BCUT2D eigenvalue weighted by atomic mass is 9.94. The minimum absolute atomic E-state index is 0.616. The summed E-state index contributed by atoms with van der Waals surface area (Å²) in [7, 11) is 0. The molecule has 0 fully saturated rings. The lowest BCUT2D eigenvalue weighted by molar-refractivity contribution is 0.646. The summed E-state index contributed by atoms with van der Waals surface area (Å²) in [6.07, 6.45) is 0.667. The van der Waals surface area contributed by atoms with Gasteiger partial charge in [0.15, 0.2) is 0 Å². The summed E-state index contributed by atoms with van der Waals surface area (Å²) >= 11 is 3.40. The maximum absolute atomic E-state index is 9.44. The highest BCUT2D eigenvalue weighted by atomic mass is 79.9. The van der Waals surface area contributed by atoms with Crippen LogP contribution in [0.25, 0.3) is 0 Å². The lowest BCUT2D eigenvalue weighted by Gasteiger charge is -2.24. The minimum Gasteiger partial charge on any atom is -0.367 e. The van der Waals surface area contributed by atoms with Crippen LogP contribution in [0.4, 0.5) is 5.69 Å². The van der Waals surface area contributed by atoms with Crippen LogP contribution < -0.4 is 5.32 Å². The number of anilines is 1. The third-order valence-corrected chi connectivity index (χ3v) is 3.44. The van der Waals surface area contributed by atoms with Gasteiger partial charge in [0, 0.05) is 16.6 Å². The van der Waals surface area contributed by atoms with E-state index in [0.29, 0.717) is 6.42 Å². The van der Waals surface area contributed by atoms with Gasteiger partial charge in [0.05, 0.1) is 6.07 Å². The number of rotatable bonds is 4. The van der Waals surface area contributed by atoms with Gasteiger partial charge in [0.2, 0.25) is 0 Å². The molecule has 1 atom stereocenters. The third-order valence-electron chi connectivity index (χ3n) is 2.91. The van der Waals surface area contributed by atoms with E-state index in [0.717, 1.165) is 15.7 Å². The predicted molar refractivity (Wildman–Crippen MR) is 81.9 cm³/mol. The third kappa shape index (κ3) is 3.84. The van der Waals surface area contributed by atoms with Crippen molar-refractivity contribution < 1.29 is 0 Å². The largest absolute Gasteiger partial charge is 0.367 e. The van der Waals surface area contributed by atoms with Gasteiger partial charge in [-0.3, -0.25) is 0 Å². The van der Waals surface area contributed by atoms with Gasteiger partial charge in [-0.15, -0.1) is 0 Å². The number of nitriles is 1. The van der Waals surface area contributed by atoms with E-state index < -0.39 is 5.54 Å². The van der Waals surface area contributed by atoms with E-state index in [1.54, 1.807) is 0 Å². The van der Waals surface area contributed by atoms with Crippen LogP contribution in [0.5, 0.6) is 0 Å². The molecule has 2 nitrogen and oxygen atoms in total. The quantitative estimate of drug-likeness (QED) is 0.908. The summed E-state index contributed by atoms with van der Waals surface area (Å²) in [5.41, 5.74) is 1.48. The Bertz CT molecular complexity index is 572. The molecule has 0 aliphatic carbocycles. The lowest BCUT2D eigenvalue weighted by Crippen LogP contribution is -2.35. The topological polar surface area (TPSA) is 35.8 Å². The molecular formula is C16H15BrN2. The van der Waals surface area contributed by atoms with Gasteiger partial charge in [0.25, 0.3) is 0 Å². The maximum Gasteiger partial charge on any atom is 0.126 e. The Labute approximate surface area is 122 Å². The van der Waals surface area contributed by atoms with Crippen molar-refractivity contribution in [2.24, 2.45) is 0 Å². The van der Waals surface area contributed by atoms with Crippen molar-refractivity contribution in [1.82, 2.24) is 0 Å². The summed E-state index contributed by atoms with van der Waals surface area (Å²) < 4.78 is 1.03. The monoisotopic (exact) mass is 314 g/mol. The molecule has 0 aromatic heterocycles. The highest BCUT2D eigenvalue weighted by Gasteiger charge is 2.23. The fourth-order valence-corrected chi connectivity index (χ4v) is 2.23. The van der Waals surface area contributed by atoms with E-state index >= 15 is 0 Å². The molecule has 1 unspecified atom stereocenters. The second-order valence-corrected chi connectivity index (χ2v) is 5.65. The first kappa shape index (κ1) is 13.6. The van der Waals surface area contributed by atoms with Crippen molar-refractivity contribution in [1.29, 1.82) is 5.26 Å². The fraction of sp³-hybridized carbons (Fsp3) is 0.188. The average molecular weight is 315 g/mol. The molecule has 0 bridgehead atoms. The molecule has 1 N–H and O–H groups in total. The average Bonchev–Trinajstić information content (AvgIpc) is 2.42. The zero-order chi connectivity index (χ0) is 13.7. The fourth-order valence-electron chi connectivity index (χ4n) is 1.97. The molecule has 19 heavy (non-hydrogen) atoms. The Hall–Kier alpha value is -1.79. The van der Waals surface area contributed by atoms with Gasteiger partial charge in [-0.05, 0) is 36.8 Å². The van der Waals surface area contributed by atoms with Crippen LogP contribution in [0.3, 0.4) is 0 Å². The molecule has 2 rings (SSSR count). The van der Waals surface area contributed by atoms with Crippen LogP contribution in [0, 0.1) is 11.3 Å². The van der Waals surface area contributed by atoms with Gasteiger partial charge in [0.1, 0.15) is 5.54 Å². The zero-order valence-electron chi connectivity index (χ0n) is 10.7. The standard InChI is InChI=1S/C16H15BrN2/c1-16(12-18,11-13-5-3-2-4-6-13)19-15-9-7-14(17)8-10-15/h2-10,19H,11H2,1H3. The molecule has 0 amide bonds. The molecule has 0 spiro atoms. The summed E-state index contributed by atoms with van der Waals surface area (Å²) in [6.45, 7) is 1.92. The van der Waals surface area contributed by atoms with E-state index in [-0.39, 0.29) is 0 Å². The number of halogens is 1. The van der Waals surface area contributed by atoms with Gasteiger partial charge >= 0.3 is 0 Å². The Morgan fingerprint density at radius 1 is 1.11 bits per heavy atom. The number of hydrogen-bond donors (Lipinski definition) is 1. The van der Waals surface area contributed by atoms with E-state index in [2.05, 4.69) is 27.3 Å². The highest BCUT2D eigenvalue weighted by molar-refractivity contribution is 9.10. The first-order valence-corrected chi connectivity index (χ1v) is 6.89. The molecule has 2 aromatic carbocycles. The Balaban J connectivity index is 2.14. The van der Waals surface area contributed by atoms with Gasteiger partial charge < -0.3 is 5.32 Å². The molecule has 3 heteroatoms. The van der Waals surface area contributed by atoms with Crippen LogP contribution in [0.2, 0.25) is 0 Å². The summed E-state index contributed by atoms with van der Waals surface area (Å²) in [4.78, 5) is 0. The predicted octanol–water partition coefficient (Wildman–Crippen LogP) is 4.39. The van der Waals surface area contributed by atoms with E-state index in [4.69, 9.17) is 0 Å². The van der Waals surface area contributed by atoms with Gasteiger partial charge in [-0.25, -0.2) is 0 Å². The second kappa shape index (κ2) is 5.90. The highest BCUT2D eigenvalue weighted by Crippen LogP contribution is 2.21. The molecule has 0 radical (unpaired) electrons. The molecule has 0 aliphatic heterocycles. The van der Waals surface area contributed by atoms with Gasteiger partial charge in [-0.1, -0.05) is 46.3 Å². The molecule has 0 saturated heterocycles. The molecule has 0 heterocycles. The minimum atomic E-state index is -0.616. The van der Waals surface area contributed by atoms with E-state index in [1.165, 1.54) is 0 Å². The Morgan fingerprint density at radius 2 is 1.74 bits per heavy atom. The van der Waals surface area contributed by atoms with Crippen molar-refractivity contribution in [3.8, 4) is 6.07 Å². The van der Waals surface area contributed by atoms with Crippen LogP contribution in [0.1, 0.15) is 12.5 Å². The summed E-state index contributed by atoms with van der Waals surface area (Å²) in [6, 6.07) is 20.3. The smallest absolute Gasteiger partial charge is 0.126 e. The molecular weight excluding hydrogens is 300 g/mol. The number of nitrogens with one attached hydrogen (secondary N) is 1. The molecule has 0 aliphatic rings. The molecule has 2 aromatic rings. The van der Waals surface area contributed by atoms with Crippen molar-refractivity contribution in [3.05, 3.63) is 64.6 Å². The van der Waals surface area contributed by atoms with Crippen LogP contribution >= 0.6 is 15.9 Å². The summed E-state index contributed by atoms with van der Waals surface area (Å²) in [5.74, 6) is 0. The van der Waals surface area contributed by atoms with Crippen molar-refractivity contribution >= 4 is 21.6 Å². The van der Waals surface area contributed by atoms with Crippen molar-refractivity contribution in [2.45, 2.75) is 18.9 Å². The maximum atomic E-state index is 9.44. The Kier molecular flexibility index (Phi) is 4.24. The Morgan fingerprint density at radius 3 is 2.32 bits per heavy atom. The van der Waals surface area contributed by atoms with Crippen molar-refractivity contribution in [3.63, 3.8) is 0 Å². The number of benzene rings is 2. The van der Waals surface area contributed by atoms with Crippen LogP contribution in [-0.2, 0) is 6.42 Å². The summed E-state index contributed by atoms with van der Waals surface area (Å²) in [5, 5.41) is 12.7. The van der Waals surface area contributed by atoms with Crippen LogP contribution in [0.15, 0.2) is 59.1 Å². The first-order valence-electron chi connectivity index (χ1n) is 6.10. The SMILES string of the molecule is CC(C#N)(Cc1ccccc1)Nc1ccc(Br)cc1. The number of nitrogens with zero attached hydrogens (tertiary/aromatic N) is 1. The zero-order valence-corrected chi connectivity index (χ0v) is 12.3. The van der Waals surface area contributed by atoms with Crippen molar-refractivity contribution in [2.75, 3.05) is 5.32 Å². The first-order chi connectivity index (χ1) is 9.11. The molecule has 0 saturated carbocycles. The normalized spacial score (nSPS) is 13.3. The molecule has 96 valence electrons. The van der Waals surface area contributed by atoms with E-state index in [9.17, 15) is 5.26 Å². The number of hydrogen-bond acceptors (Lipinski definition) is 2. The van der Waals surface area contributed by atoms with E-state index in [1.807, 2.05) is 61.5 Å². The van der Waals surface area contributed by atoms with Crippen LogP contribution in [-0.4, -0.2) is 5.54 Å². The van der Waals surface area contributed by atoms with Gasteiger partial charge in [-0.2, -0.15) is 5.26 Å². The second-order valence-electron chi connectivity index (χ2n) is 4.74.